The molecule has 9 heteroatoms. The Morgan fingerprint density at radius 3 is 2.42 bits per heavy atom. The molecule has 1 atom stereocenters. The molecule has 2 N–H and O–H groups in total. The van der Waals surface area contributed by atoms with Crippen molar-refractivity contribution in [1.82, 2.24) is 25.0 Å². The molecule has 2 rings (SSSR count). The zero-order chi connectivity index (χ0) is 23.3. The normalized spacial score (nSPS) is 12.4. The summed E-state index contributed by atoms with van der Waals surface area (Å²) >= 11 is 0. The highest BCUT2D eigenvalue weighted by atomic mass is 16.5. The van der Waals surface area contributed by atoms with Crippen molar-refractivity contribution in [3.8, 4) is 5.82 Å². The standard InChI is InChI=1S/C22H31N5O4/c1-13(2)24-22(30)25-21(29)17(7)31-20(28)9-8-18-12-15(5)26(16(18)6)19-10-11-23-27(19)14(3)4/h8-14,17H,1-7H3,(H2,24,25,29,30)/b9-8+/t17-/m0/s1. The quantitative estimate of drug-likeness (QED) is 0.520. The van der Waals surface area contributed by atoms with Crippen molar-refractivity contribution < 1.29 is 19.1 Å². The van der Waals surface area contributed by atoms with Crippen molar-refractivity contribution in [2.24, 2.45) is 0 Å². The zero-order valence-corrected chi connectivity index (χ0v) is 19.1. The van der Waals surface area contributed by atoms with Crippen molar-refractivity contribution in [2.75, 3.05) is 0 Å². The van der Waals surface area contributed by atoms with Crippen LogP contribution in [0.3, 0.4) is 0 Å². The Balaban J connectivity index is 2.07. The minimum atomic E-state index is -1.11. The molecule has 0 spiro atoms. The molecule has 3 amide bonds. The summed E-state index contributed by atoms with van der Waals surface area (Å²) in [5.41, 5.74) is 2.79. The predicted molar refractivity (Wildman–Crippen MR) is 118 cm³/mol. The van der Waals surface area contributed by atoms with Gasteiger partial charge in [-0.2, -0.15) is 5.10 Å². The molecule has 0 aliphatic rings. The first-order chi connectivity index (χ1) is 14.5. The van der Waals surface area contributed by atoms with Crippen LogP contribution in [0.4, 0.5) is 4.79 Å². The van der Waals surface area contributed by atoms with Crippen LogP contribution in [-0.2, 0) is 14.3 Å². The fourth-order valence-electron chi connectivity index (χ4n) is 3.13. The molecule has 0 radical (unpaired) electrons. The van der Waals surface area contributed by atoms with Crippen molar-refractivity contribution in [1.29, 1.82) is 0 Å². The van der Waals surface area contributed by atoms with Crippen LogP contribution >= 0.6 is 0 Å². The molecule has 0 aliphatic carbocycles. The van der Waals surface area contributed by atoms with E-state index in [0.717, 1.165) is 22.8 Å². The molecule has 0 saturated heterocycles. The Labute approximate surface area is 182 Å². The van der Waals surface area contributed by atoms with Gasteiger partial charge in [0.05, 0.1) is 6.20 Å². The van der Waals surface area contributed by atoms with Gasteiger partial charge in [-0.1, -0.05) is 0 Å². The number of imide groups is 1. The van der Waals surface area contributed by atoms with E-state index in [9.17, 15) is 14.4 Å². The van der Waals surface area contributed by atoms with Gasteiger partial charge in [-0.25, -0.2) is 14.3 Å². The fourth-order valence-corrected chi connectivity index (χ4v) is 3.13. The first-order valence-corrected chi connectivity index (χ1v) is 10.2. The lowest BCUT2D eigenvalue weighted by molar-refractivity contribution is -0.149. The second kappa shape index (κ2) is 10.1. The van der Waals surface area contributed by atoms with Gasteiger partial charge in [0.2, 0.25) is 0 Å². The Bertz CT molecular complexity index is 984. The van der Waals surface area contributed by atoms with Gasteiger partial charge in [0.15, 0.2) is 6.10 Å². The van der Waals surface area contributed by atoms with Crippen LogP contribution in [0, 0.1) is 13.8 Å². The number of ether oxygens (including phenoxy) is 1. The molecule has 2 aromatic rings. The highest BCUT2D eigenvalue weighted by Gasteiger charge is 2.19. The first kappa shape index (κ1) is 23.9. The molecule has 0 bridgehead atoms. The smallest absolute Gasteiger partial charge is 0.331 e. The lowest BCUT2D eigenvalue weighted by Crippen LogP contribution is -2.46. The maximum absolute atomic E-state index is 12.2. The first-order valence-electron chi connectivity index (χ1n) is 10.2. The minimum absolute atomic E-state index is 0.119. The Morgan fingerprint density at radius 2 is 1.81 bits per heavy atom. The Morgan fingerprint density at radius 1 is 1.13 bits per heavy atom. The molecular weight excluding hydrogens is 398 g/mol. The van der Waals surface area contributed by atoms with Crippen molar-refractivity contribution in [2.45, 2.75) is 66.7 Å². The summed E-state index contributed by atoms with van der Waals surface area (Å²) in [6.45, 7) is 13.0. The van der Waals surface area contributed by atoms with Gasteiger partial charge in [0.25, 0.3) is 5.91 Å². The van der Waals surface area contributed by atoms with E-state index in [-0.39, 0.29) is 12.1 Å². The number of aromatic nitrogens is 3. The summed E-state index contributed by atoms with van der Waals surface area (Å²) in [5, 5.41) is 9.05. The highest BCUT2D eigenvalue weighted by Crippen LogP contribution is 2.23. The molecule has 31 heavy (non-hydrogen) atoms. The van der Waals surface area contributed by atoms with Crippen LogP contribution in [0.25, 0.3) is 11.9 Å². The fraction of sp³-hybridized carbons (Fsp3) is 0.455. The van der Waals surface area contributed by atoms with E-state index in [1.165, 1.54) is 13.0 Å². The topological polar surface area (TPSA) is 107 Å². The summed E-state index contributed by atoms with van der Waals surface area (Å²) in [4.78, 5) is 35.7. The maximum Gasteiger partial charge on any atom is 0.331 e. The number of carbonyl (C=O) groups is 3. The van der Waals surface area contributed by atoms with Crippen molar-refractivity contribution in [3.05, 3.63) is 41.4 Å². The van der Waals surface area contributed by atoms with Gasteiger partial charge in [-0.05, 0) is 66.2 Å². The summed E-state index contributed by atoms with van der Waals surface area (Å²) < 4.78 is 9.10. The molecule has 168 valence electrons. The second-order valence-electron chi connectivity index (χ2n) is 7.92. The van der Waals surface area contributed by atoms with Crippen LogP contribution in [0.2, 0.25) is 0 Å². The second-order valence-corrected chi connectivity index (χ2v) is 7.92. The molecule has 0 aliphatic heterocycles. The van der Waals surface area contributed by atoms with E-state index >= 15 is 0 Å². The third kappa shape index (κ3) is 6.07. The maximum atomic E-state index is 12.2. The van der Waals surface area contributed by atoms with E-state index < -0.39 is 24.0 Å². The number of esters is 1. The number of nitrogens with zero attached hydrogens (tertiary/aromatic N) is 3. The van der Waals surface area contributed by atoms with Crippen molar-refractivity contribution >= 4 is 24.0 Å². The van der Waals surface area contributed by atoms with Crippen LogP contribution in [0.15, 0.2) is 24.4 Å². The number of urea groups is 1. The van der Waals surface area contributed by atoms with E-state index in [1.54, 1.807) is 26.1 Å². The predicted octanol–water partition coefficient (Wildman–Crippen LogP) is 3.05. The van der Waals surface area contributed by atoms with Gasteiger partial charge < -0.3 is 14.6 Å². The van der Waals surface area contributed by atoms with E-state index in [4.69, 9.17) is 4.74 Å². The van der Waals surface area contributed by atoms with Gasteiger partial charge in [0, 0.05) is 35.6 Å². The SMILES string of the molecule is Cc1cc(/C=C/C(=O)O[C@@H](C)C(=O)NC(=O)NC(C)C)c(C)n1-c1ccnn1C(C)C. The molecular formula is C22H31N5O4. The molecule has 9 nitrogen and oxygen atoms in total. The number of aryl methyl sites for hydroxylation is 1. The Hall–Kier alpha value is -3.36. The zero-order valence-electron chi connectivity index (χ0n) is 19.1. The number of amides is 3. The lowest BCUT2D eigenvalue weighted by atomic mass is 10.2. The van der Waals surface area contributed by atoms with Crippen LogP contribution in [-0.4, -0.2) is 44.4 Å². The molecule has 0 saturated carbocycles. The molecule has 0 aromatic carbocycles. The third-order valence-electron chi connectivity index (χ3n) is 4.56. The van der Waals surface area contributed by atoms with Gasteiger partial charge in [-0.15, -0.1) is 0 Å². The Kier molecular flexibility index (Phi) is 7.79. The summed E-state index contributed by atoms with van der Waals surface area (Å²) in [6, 6.07) is 3.36. The minimum Gasteiger partial charge on any atom is -0.449 e. The van der Waals surface area contributed by atoms with E-state index in [0.29, 0.717) is 0 Å². The van der Waals surface area contributed by atoms with Gasteiger partial charge in [-0.3, -0.25) is 10.1 Å². The molecule has 0 unspecified atom stereocenters. The molecule has 2 heterocycles. The molecule has 0 fully saturated rings. The number of hydrogen-bond acceptors (Lipinski definition) is 5. The lowest BCUT2D eigenvalue weighted by Gasteiger charge is -2.15. The average molecular weight is 430 g/mol. The van der Waals surface area contributed by atoms with Gasteiger partial charge >= 0.3 is 12.0 Å². The van der Waals surface area contributed by atoms with Gasteiger partial charge in [0.1, 0.15) is 5.82 Å². The van der Waals surface area contributed by atoms with Crippen molar-refractivity contribution in [3.63, 3.8) is 0 Å². The summed E-state index contributed by atoms with van der Waals surface area (Å²) in [7, 11) is 0. The number of rotatable bonds is 7. The van der Waals surface area contributed by atoms with Crippen LogP contribution in [0.1, 0.15) is 57.6 Å². The van der Waals surface area contributed by atoms with E-state index in [1.807, 2.05) is 30.7 Å². The highest BCUT2D eigenvalue weighted by molar-refractivity contribution is 5.98. The monoisotopic (exact) mass is 429 g/mol. The number of hydrogen-bond donors (Lipinski definition) is 2. The third-order valence-corrected chi connectivity index (χ3v) is 4.56. The summed E-state index contributed by atoms with van der Waals surface area (Å²) in [6.07, 6.45) is 3.56. The number of carbonyl (C=O) groups excluding carboxylic acids is 3. The largest absolute Gasteiger partial charge is 0.449 e. The van der Waals surface area contributed by atoms with Crippen LogP contribution < -0.4 is 10.6 Å². The van der Waals surface area contributed by atoms with Crippen LogP contribution in [0.5, 0.6) is 0 Å². The summed E-state index contributed by atoms with van der Waals surface area (Å²) in [5.74, 6) is -0.429. The molecule has 2 aromatic heterocycles. The average Bonchev–Trinajstić information content (AvgIpc) is 3.23. The van der Waals surface area contributed by atoms with E-state index in [2.05, 4.69) is 34.1 Å². The number of nitrogens with one attached hydrogen (secondary N) is 2.